The minimum Gasteiger partial charge on any atom is -0.462 e. The first-order chi connectivity index (χ1) is 42.2. The molecule has 0 aromatic rings. The molecule has 88 heavy (non-hydrogen) atoms. The first-order valence-corrected chi connectivity index (χ1v) is 38.8. The number of carbonyl (C=O) groups is 4. The summed E-state index contributed by atoms with van der Waals surface area (Å²) in [5.41, 5.74) is 0. The van der Waals surface area contributed by atoms with E-state index in [0.29, 0.717) is 31.6 Å². The van der Waals surface area contributed by atoms with E-state index in [-0.39, 0.29) is 25.7 Å². The number of unbranched alkanes of at least 4 members (excludes halogenated alkanes) is 30. The Hall–Kier alpha value is -1.94. The van der Waals surface area contributed by atoms with Gasteiger partial charge in [0.25, 0.3) is 0 Å². The number of hydrogen-bond acceptors (Lipinski definition) is 15. The molecule has 0 fully saturated rings. The Balaban J connectivity index is 5.25. The Morgan fingerprint density at radius 1 is 0.318 bits per heavy atom. The van der Waals surface area contributed by atoms with Crippen LogP contribution in [0, 0.1) is 23.7 Å². The van der Waals surface area contributed by atoms with Crippen LogP contribution in [0.5, 0.6) is 0 Å². The summed E-state index contributed by atoms with van der Waals surface area (Å²) in [6.45, 7) is 14.1. The predicted octanol–water partition coefficient (Wildman–Crippen LogP) is 19.3. The van der Waals surface area contributed by atoms with Crippen molar-refractivity contribution in [3.8, 4) is 0 Å². The molecule has 0 bridgehead atoms. The molecular formula is C69H134O17P2. The van der Waals surface area contributed by atoms with Crippen LogP contribution < -0.4 is 0 Å². The van der Waals surface area contributed by atoms with Gasteiger partial charge in [-0.15, -0.1) is 0 Å². The van der Waals surface area contributed by atoms with Gasteiger partial charge in [-0.1, -0.05) is 287 Å². The zero-order chi connectivity index (χ0) is 65.4. The van der Waals surface area contributed by atoms with Gasteiger partial charge in [-0.2, -0.15) is 0 Å². The molecule has 0 aliphatic carbocycles. The van der Waals surface area contributed by atoms with Crippen molar-refractivity contribution in [2.45, 2.75) is 356 Å². The van der Waals surface area contributed by atoms with Crippen molar-refractivity contribution in [2.75, 3.05) is 39.6 Å². The van der Waals surface area contributed by atoms with E-state index in [0.717, 1.165) is 120 Å². The van der Waals surface area contributed by atoms with Gasteiger partial charge in [-0.05, 0) is 49.4 Å². The van der Waals surface area contributed by atoms with E-state index in [1.165, 1.54) is 128 Å². The second-order valence-corrected chi connectivity index (χ2v) is 29.3. The van der Waals surface area contributed by atoms with Crippen LogP contribution in [0.3, 0.4) is 0 Å². The fourth-order valence-corrected chi connectivity index (χ4v) is 11.8. The molecule has 0 saturated carbocycles. The summed E-state index contributed by atoms with van der Waals surface area (Å²) in [5.74, 6) is 0.858. The molecule has 19 heteroatoms. The standard InChI is InChI=1S/C69H134O17P2/c1-9-61(7)47-39-31-23-18-19-25-36-44-52-69(74)86-65(56-80-67(72)50-42-34-28-27-32-40-48-62(8)10-2)58-84-88(77,78)82-54-63(70)53-81-87(75,76)83-57-64(55-79-66(71)49-41-33-26-20-22-30-38-46-60(5)6)85-68(73)51-43-35-24-17-15-13-11-12-14-16-21-29-37-45-59(3)4/h59-65,70H,9-58H2,1-8H3,(H,75,76)(H,77,78)/t61?,62?,63?,64-,65-/m1/s1. The van der Waals surface area contributed by atoms with Gasteiger partial charge in [-0.3, -0.25) is 37.3 Å². The average molecular weight is 1300 g/mol. The lowest BCUT2D eigenvalue weighted by atomic mass is 9.99. The third-order valence-corrected chi connectivity index (χ3v) is 18.4. The Labute approximate surface area is 537 Å². The SMILES string of the molecule is CCC(C)CCCCCCCCCCC(=O)O[C@H](COC(=O)CCCCCCCCC(C)CC)COP(=O)(O)OCC(O)COP(=O)(O)OC[C@@H](COC(=O)CCCCCCCCCC(C)C)OC(=O)CCCCCCCCCCCCCCCC(C)C. The van der Waals surface area contributed by atoms with Crippen LogP contribution in [0.2, 0.25) is 0 Å². The Bertz CT molecular complexity index is 1750. The van der Waals surface area contributed by atoms with Gasteiger partial charge < -0.3 is 33.8 Å². The van der Waals surface area contributed by atoms with Gasteiger partial charge in [0.1, 0.15) is 19.3 Å². The zero-order valence-corrected chi connectivity index (χ0v) is 59.1. The summed E-state index contributed by atoms with van der Waals surface area (Å²) in [5, 5.41) is 10.6. The summed E-state index contributed by atoms with van der Waals surface area (Å²) < 4.78 is 68.2. The monoisotopic (exact) mass is 1300 g/mol. The lowest BCUT2D eigenvalue weighted by Crippen LogP contribution is -2.30. The van der Waals surface area contributed by atoms with Crippen LogP contribution in [0.4, 0.5) is 0 Å². The average Bonchev–Trinajstić information content (AvgIpc) is 3.62. The lowest BCUT2D eigenvalue weighted by Gasteiger charge is -2.21. The minimum atomic E-state index is -4.95. The van der Waals surface area contributed by atoms with Gasteiger partial charge in [-0.25, -0.2) is 9.13 Å². The maximum Gasteiger partial charge on any atom is 0.472 e. The molecule has 0 spiro atoms. The van der Waals surface area contributed by atoms with Crippen molar-refractivity contribution >= 4 is 39.5 Å². The van der Waals surface area contributed by atoms with Gasteiger partial charge >= 0.3 is 39.5 Å². The molecule has 0 aromatic carbocycles. The Kier molecular flexibility index (Phi) is 57.6. The van der Waals surface area contributed by atoms with Gasteiger partial charge in [0.15, 0.2) is 12.2 Å². The second kappa shape index (κ2) is 58.8. The van der Waals surface area contributed by atoms with Crippen LogP contribution in [-0.2, 0) is 65.4 Å². The minimum absolute atomic E-state index is 0.103. The molecule has 0 aliphatic rings. The molecule has 0 radical (unpaired) electrons. The maximum absolute atomic E-state index is 13.0. The predicted molar refractivity (Wildman–Crippen MR) is 354 cm³/mol. The van der Waals surface area contributed by atoms with E-state index >= 15 is 0 Å². The number of phosphoric ester groups is 2. The van der Waals surface area contributed by atoms with Gasteiger partial charge in [0.2, 0.25) is 0 Å². The van der Waals surface area contributed by atoms with Crippen molar-refractivity contribution in [2.24, 2.45) is 23.7 Å². The van der Waals surface area contributed by atoms with Crippen LogP contribution in [0.25, 0.3) is 0 Å². The molecule has 0 rings (SSSR count). The molecular weight excluding hydrogens is 1160 g/mol. The number of aliphatic hydroxyl groups excluding tert-OH is 1. The fourth-order valence-electron chi connectivity index (χ4n) is 10.2. The number of ether oxygens (including phenoxy) is 4. The van der Waals surface area contributed by atoms with Crippen LogP contribution in [0.15, 0.2) is 0 Å². The van der Waals surface area contributed by atoms with Gasteiger partial charge in [0, 0.05) is 25.7 Å². The third-order valence-electron chi connectivity index (χ3n) is 16.5. The van der Waals surface area contributed by atoms with Crippen molar-refractivity contribution in [3.05, 3.63) is 0 Å². The largest absolute Gasteiger partial charge is 0.472 e. The molecule has 522 valence electrons. The van der Waals surface area contributed by atoms with Crippen LogP contribution >= 0.6 is 15.6 Å². The highest BCUT2D eigenvalue weighted by Crippen LogP contribution is 2.45. The van der Waals surface area contributed by atoms with Crippen LogP contribution in [0.1, 0.15) is 338 Å². The van der Waals surface area contributed by atoms with E-state index < -0.39 is 97.5 Å². The molecule has 7 atom stereocenters. The number of esters is 4. The number of aliphatic hydroxyl groups is 1. The Morgan fingerprint density at radius 2 is 0.545 bits per heavy atom. The molecule has 3 N–H and O–H groups in total. The highest BCUT2D eigenvalue weighted by Gasteiger charge is 2.30. The summed E-state index contributed by atoms with van der Waals surface area (Å²) in [7, 11) is -9.90. The summed E-state index contributed by atoms with van der Waals surface area (Å²) >= 11 is 0. The molecule has 0 aliphatic heterocycles. The normalized spacial score (nSPS) is 14.9. The summed E-state index contributed by atoms with van der Waals surface area (Å²) in [6, 6.07) is 0. The topological polar surface area (TPSA) is 237 Å². The molecule has 0 saturated heterocycles. The number of hydrogen-bond donors (Lipinski definition) is 3. The quantitative estimate of drug-likeness (QED) is 0.0222. The fraction of sp³-hybridized carbons (Fsp3) is 0.942. The zero-order valence-electron chi connectivity index (χ0n) is 57.3. The summed E-state index contributed by atoms with van der Waals surface area (Å²) in [4.78, 5) is 72.5. The second-order valence-electron chi connectivity index (χ2n) is 26.4. The van der Waals surface area contributed by atoms with Crippen molar-refractivity contribution in [1.82, 2.24) is 0 Å². The van der Waals surface area contributed by atoms with Crippen molar-refractivity contribution in [3.63, 3.8) is 0 Å². The first kappa shape index (κ1) is 86.1. The number of carbonyl (C=O) groups excluding carboxylic acids is 4. The number of phosphoric acid groups is 2. The van der Waals surface area contributed by atoms with Crippen molar-refractivity contribution < 1.29 is 80.2 Å². The molecule has 5 unspecified atom stereocenters. The maximum atomic E-state index is 13.0. The van der Waals surface area contributed by atoms with Crippen LogP contribution in [-0.4, -0.2) is 96.7 Å². The molecule has 0 heterocycles. The number of rotatable bonds is 66. The highest BCUT2D eigenvalue weighted by atomic mass is 31.2. The third kappa shape index (κ3) is 60.3. The van der Waals surface area contributed by atoms with E-state index in [1.807, 2.05) is 0 Å². The summed E-state index contributed by atoms with van der Waals surface area (Å²) in [6.07, 6.45) is 40.3. The van der Waals surface area contributed by atoms with E-state index in [1.54, 1.807) is 0 Å². The van der Waals surface area contributed by atoms with E-state index in [4.69, 9.17) is 37.0 Å². The molecule has 0 aromatic heterocycles. The molecule has 17 nitrogen and oxygen atoms in total. The van der Waals surface area contributed by atoms with E-state index in [2.05, 4.69) is 55.4 Å². The first-order valence-electron chi connectivity index (χ1n) is 35.8. The highest BCUT2D eigenvalue weighted by molar-refractivity contribution is 7.47. The molecule has 0 amide bonds. The van der Waals surface area contributed by atoms with Gasteiger partial charge in [0.05, 0.1) is 26.4 Å². The Morgan fingerprint density at radius 3 is 0.807 bits per heavy atom. The lowest BCUT2D eigenvalue weighted by molar-refractivity contribution is -0.161. The smallest absolute Gasteiger partial charge is 0.462 e. The van der Waals surface area contributed by atoms with E-state index in [9.17, 15) is 43.2 Å². The van der Waals surface area contributed by atoms with Crippen molar-refractivity contribution in [1.29, 1.82) is 0 Å².